The highest BCUT2D eigenvalue weighted by molar-refractivity contribution is 6.44. The van der Waals surface area contributed by atoms with Gasteiger partial charge in [0.25, 0.3) is 0 Å². The van der Waals surface area contributed by atoms with Gasteiger partial charge in [-0.25, -0.2) is 4.79 Å². The van der Waals surface area contributed by atoms with Crippen LogP contribution in [0.15, 0.2) is 12.1 Å². The summed E-state index contributed by atoms with van der Waals surface area (Å²) < 4.78 is 9.94. The number of ether oxygens (including phenoxy) is 2. The lowest BCUT2D eigenvalue weighted by molar-refractivity contribution is -0.151. The van der Waals surface area contributed by atoms with Crippen molar-refractivity contribution in [3.05, 3.63) is 27.7 Å². The number of hydrogen-bond donors (Lipinski definition) is 1. The van der Waals surface area contributed by atoms with Crippen LogP contribution in [0.2, 0.25) is 10.0 Å². The molecular weight excluding hydrogens is 411 g/mol. The van der Waals surface area contributed by atoms with Crippen molar-refractivity contribution in [3.63, 3.8) is 0 Å². The molecule has 0 aliphatic carbocycles. The van der Waals surface area contributed by atoms with Crippen molar-refractivity contribution in [2.24, 2.45) is 11.8 Å². The molecular formula is C19H22Cl2O7. The van der Waals surface area contributed by atoms with Crippen LogP contribution in [-0.4, -0.2) is 41.8 Å². The zero-order valence-electron chi connectivity index (χ0n) is 15.8. The Morgan fingerprint density at radius 3 is 2.25 bits per heavy atom. The maximum Gasteiger partial charge on any atom is 0.341 e. The van der Waals surface area contributed by atoms with Crippen LogP contribution in [0, 0.1) is 11.8 Å². The molecule has 154 valence electrons. The molecule has 0 aromatic heterocycles. The van der Waals surface area contributed by atoms with E-state index in [1.165, 1.54) is 19.1 Å². The van der Waals surface area contributed by atoms with Crippen LogP contribution in [0.3, 0.4) is 0 Å². The molecule has 0 bridgehead atoms. The molecule has 0 saturated heterocycles. The highest BCUT2D eigenvalue weighted by Gasteiger charge is 2.32. The minimum atomic E-state index is -1.19. The minimum Gasteiger partial charge on any atom is -0.480 e. The molecule has 2 atom stereocenters. The maximum absolute atomic E-state index is 12.9. The highest BCUT2D eigenvalue weighted by atomic mass is 35.5. The van der Waals surface area contributed by atoms with Crippen molar-refractivity contribution in [2.75, 3.05) is 13.2 Å². The fraction of sp³-hybridized carbons (Fsp3) is 0.474. The van der Waals surface area contributed by atoms with E-state index in [1.54, 1.807) is 13.8 Å². The molecule has 1 rings (SSSR count). The third-order valence-electron chi connectivity index (χ3n) is 4.11. The van der Waals surface area contributed by atoms with E-state index >= 15 is 0 Å². The fourth-order valence-corrected chi connectivity index (χ4v) is 3.08. The van der Waals surface area contributed by atoms with Crippen molar-refractivity contribution in [2.45, 2.75) is 33.6 Å². The molecule has 2 unspecified atom stereocenters. The first-order valence-corrected chi connectivity index (χ1v) is 9.43. The molecule has 0 heterocycles. The Labute approximate surface area is 172 Å². The Kier molecular flexibility index (Phi) is 9.41. The molecule has 0 spiro atoms. The largest absolute Gasteiger partial charge is 0.480 e. The number of aliphatic carboxylic acids is 1. The normalized spacial score (nSPS) is 12.8. The topological polar surface area (TPSA) is 107 Å². The van der Waals surface area contributed by atoms with Crippen molar-refractivity contribution in [3.8, 4) is 5.75 Å². The predicted octanol–water partition coefficient (Wildman–Crippen LogP) is 3.82. The van der Waals surface area contributed by atoms with E-state index in [1.807, 2.05) is 0 Å². The van der Waals surface area contributed by atoms with Gasteiger partial charge in [-0.3, -0.25) is 14.4 Å². The first kappa shape index (κ1) is 23.9. The third-order valence-corrected chi connectivity index (χ3v) is 4.97. The van der Waals surface area contributed by atoms with Gasteiger partial charge in [0.2, 0.25) is 0 Å². The summed E-state index contributed by atoms with van der Waals surface area (Å²) in [4.78, 5) is 47.4. The first-order chi connectivity index (χ1) is 13.1. The summed E-state index contributed by atoms with van der Waals surface area (Å²) in [6.45, 7) is 4.18. The van der Waals surface area contributed by atoms with Gasteiger partial charge in [0, 0.05) is 11.5 Å². The second-order valence-electron chi connectivity index (χ2n) is 6.04. The zero-order valence-corrected chi connectivity index (χ0v) is 17.3. The molecule has 0 radical (unpaired) electrons. The van der Waals surface area contributed by atoms with Gasteiger partial charge in [0.15, 0.2) is 12.4 Å². The molecule has 0 saturated carbocycles. The van der Waals surface area contributed by atoms with Gasteiger partial charge in [0.05, 0.1) is 11.6 Å². The summed E-state index contributed by atoms with van der Waals surface area (Å²) in [5.41, 5.74) is 0.104. The predicted molar refractivity (Wildman–Crippen MR) is 103 cm³/mol. The number of esters is 1. The maximum atomic E-state index is 12.9. The van der Waals surface area contributed by atoms with Gasteiger partial charge >= 0.3 is 11.9 Å². The van der Waals surface area contributed by atoms with Crippen LogP contribution in [0.25, 0.3) is 0 Å². The summed E-state index contributed by atoms with van der Waals surface area (Å²) in [6.07, 6.45) is 0.363. The van der Waals surface area contributed by atoms with E-state index in [-0.39, 0.29) is 46.0 Å². The average molecular weight is 433 g/mol. The monoisotopic (exact) mass is 432 g/mol. The van der Waals surface area contributed by atoms with E-state index < -0.39 is 30.4 Å². The number of Topliss-reactive ketones (excluding diaryl/α,β-unsaturated/α-hetero) is 2. The molecule has 0 aliphatic rings. The molecule has 7 nitrogen and oxygen atoms in total. The van der Waals surface area contributed by atoms with Gasteiger partial charge in [-0.15, -0.1) is 0 Å². The Hall–Kier alpha value is -2.12. The summed E-state index contributed by atoms with van der Waals surface area (Å²) in [5, 5.41) is 8.51. The van der Waals surface area contributed by atoms with Crippen LogP contribution in [0.1, 0.15) is 44.0 Å². The quantitative estimate of drug-likeness (QED) is 0.321. The Morgan fingerprint density at radius 2 is 1.75 bits per heavy atom. The van der Waals surface area contributed by atoms with Crippen LogP contribution in [0.4, 0.5) is 0 Å². The van der Waals surface area contributed by atoms with Crippen LogP contribution < -0.4 is 4.74 Å². The van der Waals surface area contributed by atoms with Gasteiger partial charge in [-0.05, 0) is 38.8 Å². The molecule has 28 heavy (non-hydrogen) atoms. The van der Waals surface area contributed by atoms with Crippen molar-refractivity contribution < 1.29 is 33.8 Å². The van der Waals surface area contributed by atoms with E-state index in [0.717, 1.165) is 0 Å². The molecule has 9 heteroatoms. The molecule has 1 aromatic carbocycles. The zero-order chi connectivity index (χ0) is 21.4. The number of carbonyl (C=O) groups is 4. The number of hydrogen-bond acceptors (Lipinski definition) is 6. The fourth-order valence-electron chi connectivity index (χ4n) is 2.61. The summed E-state index contributed by atoms with van der Waals surface area (Å²) in [6, 6.07) is 2.73. The third kappa shape index (κ3) is 6.21. The Morgan fingerprint density at radius 1 is 1.11 bits per heavy atom. The average Bonchev–Trinajstić information content (AvgIpc) is 2.63. The number of rotatable bonds is 11. The summed E-state index contributed by atoms with van der Waals surface area (Å²) in [7, 11) is 0. The van der Waals surface area contributed by atoms with Crippen LogP contribution in [0.5, 0.6) is 5.75 Å². The molecule has 1 aromatic rings. The smallest absolute Gasteiger partial charge is 0.341 e. The highest BCUT2D eigenvalue weighted by Crippen LogP contribution is 2.36. The van der Waals surface area contributed by atoms with Gasteiger partial charge in [-0.2, -0.15) is 0 Å². The van der Waals surface area contributed by atoms with E-state index in [4.69, 9.17) is 37.8 Å². The lowest BCUT2D eigenvalue weighted by atomic mass is 9.85. The number of halogens is 2. The molecule has 0 fully saturated rings. The first-order valence-electron chi connectivity index (χ1n) is 8.67. The van der Waals surface area contributed by atoms with E-state index in [9.17, 15) is 19.2 Å². The molecule has 1 N–H and O–H groups in total. The summed E-state index contributed by atoms with van der Waals surface area (Å²) in [5.74, 6) is -4.28. The number of carboxylic acid groups (broad SMARTS) is 1. The molecule has 0 amide bonds. The molecule has 0 aliphatic heterocycles. The Balaban J connectivity index is 3.09. The summed E-state index contributed by atoms with van der Waals surface area (Å²) >= 11 is 12.3. The van der Waals surface area contributed by atoms with Crippen molar-refractivity contribution in [1.29, 1.82) is 0 Å². The van der Waals surface area contributed by atoms with Crippen LogP contribution >= 0.6 is 23.2 Å². The second-order valence-corrected chi connectivity index (χ2v) is 6.80. The van der Waals surface area contributed by atoms with Crippen LogP contribution in [-0.2, 0) is 19.1 Å². The number of carbonyl (C=O) groups excluding carboxylic acids is 3. The SMILES string of the molecule is CCOC(=O)C(CC(CC)C(=O)c1ccc(OCC(=O)O)c(Cl)c1Cl)C(C)=O. The Bertz CT molecular complexity index is 761. The van der Waals surface area contributed by atoms with Crippen molar-refractivity contribution in [1.82, 2.24) is 0 Å². The second kappa shape index (κ2) is 11.0. The van der Waals surface area contributed by atoms with E-state index in [2.05, 4.69) is 0 Å². The number of ketones is 2. The lowest BCUT2D eigenvalue weighted by Crippen LogP contribution is -2.29. The van der Waals surface area contributed by atoms with E-state index in [0.29, 0.717) is 6.42 Å². The van der Waals surface area contributed by atoms with Gasteiger partial charge in [0.1, 0.15) is 22.5 Å². The standard InChI is InChI=1S/C19H22Cl2O7/c1-4-11(8-13(10(3)22)19(26)27-5-2)18(25)12-6-7-14(17(21)16(12)20)28-9-15(23)24/h6-7,11,13H,4-5,8-9H2,1-3H3,(H,23,24). The number of benzene rings is 1. The van der Waals surface area contributed by atoms with Gasteiger partial charge < -0.3 is 14.6 Å². The number of carboxylic acids is 1. The van der Waals surface area contributed by atoms with Gasteiger partial charge in [-0.1, -0.05) is 30.1 Å². The minimum absolute atomic E-state index is 0.00524. The van der Waals surface area contributed by atoms with Crippen molar-refractivity contribution >= 4 is 46.7 Å². The lowest BCUT2D eigenvalue weighted by Gasteiger charge is -2.20.